The summed E-state index contributed by atoms with van der Waals surface area (Å²) in [6.07, 6.45) is 6.20. The largest absolute Gasteiger partial charge is 0.355 e. The van der Waals surface area contributed by atoms with Crippen molar-refractivity contribution in [2.24, 2.45) is 0 Å². The van der Waals surface area contributed by atoms with Gasteiger partial charge in [0.2, 0.25) is 15.9 Å². The van der Waals surface area contributed by atoms with Crippen molar-refractivity contribution in [1.29, 1.82) is 0 Å². The molecular weight excluding hydrogens is 396 g/mol. The van der Waals surface area contributed by atoms with Crippen molar-refractivity contribution in [1.82, 2.24) is 9.62 Å². The van der Waals surface area contributed by atoms with Gasteiger partial charge in [-0.1, -0.05) is 48.9 Å². The van der Waals surface area contributed by atoms with Gasteiger partial charge in [0.25, 0.3) is 0 Å². The second-order valence-electron chi connectivity index (χ2n) is 8.53. The van der Waals surface area contributed by atoms with E-state index >= 15 is 0 Å². The molecule has 1 saturated heterocycles. The maximum atomic E-state index is 12.7. The fourth-order valence-corrected chi connectivity index (χ4v) is 5.72. The zero-order chi connectivity index (χ0) is 21.0. The molecule has 0 unspecified atom stereocenters. The van der Waals surface area contributed by atoms with E-state index in [2.05, 4.69) is 17.4 Å². The second kappa shape index (κ2) is 8.90. The van der Waals surface area contributed by atoms with Crippen molar-refractivity contribution >= 4 is 15.9 Å². The molecular formula is C24H30N2O3S. The van der Waals surface area contributed by atoms with Crippen molar-refractivity contribution in [2.75, 3.05) is 19.6 Å². The van der Waals surface area contributed by atoms with Crippen molar-refractivity contribution < 1.29 is 13.2 Å². The number of piperidine rings is 1. The predicted molar refractivity (Wildman–Crippen MR) is 118 cm³/mol. The van der Waals surface area contributed by atoms with Crippen LogP contribution in [-0.2, 0) is 26.7 Å². The van der Waals surface area contributed by atoms with Crippen LogP contribution in [0.1, 0.15) is 49.7 Å². The molecule has 6 heteroatoms. The normalized spacial score (nSPS) is 18.7. The van der Waals surface area contributed by atoms with Gasteiger partial charge < -0.3 is 5.32 Å². The highest BCUT2D eigenvalue weighted by molar-refractivity contribution is 7.89. The molecule has 1 amide bonds. The molecule has 0 spiro atoms. The van der Waals surface area contributed by atoms with E-state index in [-0.39, 0.29) is 11.3 Å². The summed E-state index contributed by atoms with van der Waals surface area (Å²) in [4.78, 5) is 12.7. The lowest BCUT2D eigenvalue weighted by molar-refractivity contribution is -0.121. The maximum absolute atomic E-state index is 12.7. The van der Waals surface area contributed by atoms with Gasteiger partial charge in [0.05, 0.1) is 4.90 Å². The Kier molecular flexibility index (Phi) is 6.25. The lowest BCUT2D eigenvalue weighted by Crippen LogP contribution is -2.35. The molecule has 160 valence electrons. The van der Waals surface area contributed by atoms with Crippen LogP contribution in [0.2, 0.25) is 0 Å². The summed E-state index contributed by atoms with van der Waals surface area (Å²) < 4.78 is 27.0. The van der Waals surface area contributed by atoms with Gasteiger partial charge in [-0.25, -0.2) is 8.42 Å². The molecule has 1 saturated carbocycles. The first-order valence-corrected chi connectivity index (χ1v) is 12.4. The average Bonchev–Trinajstić information content (AvgIpc) is 3.59. The third-order valence-corrected chi connectivity index (χ3v) is 8.29. The molecule has 2 aliphatic rings. The van der Waals surface area contributed by atoms with Crippen LogP contribution in [0.4, 0.5) is 0 Å². The number of benzene rings is 2. The Hall–Kier alpha value is -2.18. The Balaban J connectivity index is 1.27. The van der Waals surface area contributed by atoms with E-state index in [4.69, 9.17) is 0 Å². The van der Waals surface area contributed by atoms with Gasteiger partial charge in [-0.2, -0.15) is 4.31 Å². The van der Waals surface area contributed by atoms with Gasteiger partial charge >= 0.3 is 0 Å². The molecule has 0 radical (unpaired) electrons. The predicted octanol–water partition coefficient (Wildman–Crippen LogP) is 3.64. The summed E-state index contributed by atoms with van der Waals surface area (Å²) in [5.41, 5.74) is 2.39. The third-order valence-electron chi connectivity index (χ3n) is 6.38. The number of carbonyl (C=O) groups is 1. The van der Waals surface area contributed by atoms with E-state index in [0.717, 1.165) is 37.7 Å². The minimum Gasteiger partial charge on any atom is -0.355 e. The SMILES string of the molecule is O=C(CCc1ccc(S(=O)(=O)N2CCCCC2)cc1)NCC1(c2ccccc2)CC1. The van der Waals surface area contributed by atoms with Crippen molar-refractivity contribution in [2.45, 2.75) is 55.3 Å². The highest BCUT2D eigenvalue weighted by Gasteiger charge is 2.44. The van der Waals surface area contributed by atoms with E-state index in [1.54, 1.807) is 16.4 Å². The van der Waals surface area contributed by atoms with E-state index in [0.29, 0.717) is 37.4 Å². The molecule has 0 aromatic heterocycles. The molecule has 4 rings (SSSR count). The zero-order valence-corrected chi connectivity index (χ0v) is 18.2. The van der Waals surface area contributed by atoms with Crippen LogP contribution in [0.15, 0.2) is 59.5 Å². The Morgan fingerprint density at radius 2 is 1.60 bits per heavy atom. The molecule has 0 atom stereocenters. The number of nitrogens with zero attached hydrogens (tertiary/aromatic N) is 1. The maximum Gasteiger partial charge on any atom is 0.243 e. The average molecular weight is 427 g/mol. The number of sulfonamides is 1. The van der Waals surface area contributed by atoms with E-state index in [1.807, 2.05) is 30.3 Å². The highest BCUT2D eigenvalue weighted by atomic mass is 32.2. The quantitative estimate of drug-likeness (QED) is 0.701. The summed E-state index contributed by atoms with van der Waals surface area (Å²) in [5.74, 6) is 0.0437. The minimum atomic E-state index is -3.40. The number of hydrogen-bond donors (Lipinski definition) is 1. The Bertz CT molecular complexity index is 961. The standard InChI is InChI=1S/C24H30N2O3S/c27-23(25-19-24(15-16-24)21-7-3-1-4-8-21)14-11-20-9-12-22(13-10-20)30(28,29)26-17-5-2-6-18-26/h1,3-4,7-10,12-13H,2,5-6,11,14-19H2,(H,25,27). The smallest absolute Gasteiger partial charge is 0.243 e. The molecule has 1 N–H and O–H groups in total. The monoisotopic (exact) mass is 426 g/mol. The molecule has 1 heterocycles. The number of carbonyl (C=O) groups excluding carboxylic acids is 1. The van der Waals surface area contributed by atoms with Crippen LogP contribution in [0.25, 0.3) is 0 Å². The number of aryl methyl sites for hydroxylation is 1. The Morgan fingerprint density at radius 1 is 0.933 bits per heavy atom. The number of hydrogen-bond acceptors (Lipinski definition) is 3. The summed E-state index contributed by atoms with van der Waals surface area (Å²) in [7, 11) is -3.40. The number of rotatable bonds is 8. The number of amides is 1. The summed E-state index contributed by atoms with van der Waals surface area (Å²) >= 11 is 0. The topological polar surface area (TPSA) is 66.5 Å². The van der Waals surface area contributed by atoms with E-state index in [9.17, 15) is 13.2 Å². The van der Waals surface area contributed by atoms with Crippen LogP contribution >= 0.6 is 0 Å². The third kappa shape index (κ3) is 4.76. The fraction of sp³-hybridized carbons (Fsp3) is 0.458. The second-order valence-corrected chi connectivity index (χ2v) is 10.5. The van der Waals surface area contributed by atoms with Crippen LogP contribution < -0.4 is 5.32 Å². The van der Waals surface area contributed by atoms with Gasteiger partial charge in [-0.05, 0) is 55.4 Å². The van der Waals surface area contributed by atoms with Crippen LogP contribution in [0.5, 0.6) is 0 Å². The fourth-order valence-electron chi connectivity index (χ4n) is 4.21. The van der Waals surface area contributed by atoms with Crippen LogP contribution in [0, 0.1) is 0 Å². The van der Waals surface area contributed by atoms with Crippen LogP contribution in [-0.4, -0.2) is 38.3 Å². The Morgan fingerprint density at radius 3 is 2.23 bits per heavy atom. The summed E-state index contributed by atoms with van der Waals surface area (Å²) in [5, 5.41) is 3.09. The number of nitrogens with one attached hydrogen (secondary N) is 1. The first kappa shape index (κ1) is 21.1. The summed E-state index contributed by atoms with van der Waals surface area (Å²) in [6, 6.07) is 17.4. The van der Waals surface area contributed by atoms with Gasteiger partial charge in [-0.3, -0.25) is 4.79 Å². The first-order chi connectivity index (χ1) is 14.5. The first-order valence-electron chi connectivity index (χ1n) is 10.9. The molecule has 2 fully saturated rings. The van der Waals surface area contributed by atoms with Crippen molar-refractivity contribution in [3.8, 4) is 0 Å². The van der Waals surface area contributed by atoms with Crippen molar-refractivity contribution in [3.05, 3.63) is 65.7 Å². The lowest BCUT2D eigenvalue weighted by Gasteiger charge is -2.25. The molecule has 2 aromatic rings. The summed E-state index contributed by atoms with van der Waals surface area (Å²) in [6.45, 7) is 1.90. The molecule has 30 heavy (non-hydrogen) atoms. The molecule has 0 bridgehead atoms. The molecule has 1 aliphatic carbocycles. The minimum absolute atomic E-state index is 0.0437. The molecule has 5 nitrogen and oxygen atoms in total. The van der Waals surface area contributed by atoms with Gasteiger partial charge in [0, 0.05) is 31.5 Å². The van der Waals surface area contributed by atoms with Crippen LogP contribution in [0.3, 0.4) is 0 Å². The molecule has 2 aromatic carbocycles. The van der Waals surface area contributed by atoms with Crippen molar-refractivity contribution in [3.63, 3.8) is 0 Å². The van der Waals surface area contributed by atoms with Gasteiger partial charge in [-0.15, -0.1) is 0 Å². The van der Waals surface area contributed by atoms with E-state index in [1.165, 1.54) is 5.56 Å². The van der Waals surface area contributed by atoms with Gasteiger partial charge in [0.15, 0.2) is 0 Å². The zero-order valence-electron chi connectivity index (χ0n) is 17.3. The highest BCUT2D eigenvalue weighted by Crippen LogP contribution is 2.47. The molecule has 1 aliphatic heterocycles. The lowest BCUT2D eigenvalue weighted by atomic mass is 9.96. The van der Waals surface area contributed by atoms with E-state index < -0.39 is 10.0 Å². The van der Waals surface area contributed by atoms with Gasteiger partial charge in [0.1, 0.15) is 0 Å². The Labute approximate surface area is 179 Å².